The molecule has 0 aliphatic heterocycles. The molecule has 0 spiro atoms. The Balaban J connectivity index is 2.32. The molecule has 0 saturated carbocycles. The van der Waals surface area contributed by atoms with Crippen molar-refractivity contribution in [1.29, 1.82) is 0 Å². The molecular weight excluding hydrogens is 309 g/mol. The second kappa shape index (κ2) is 7.12. The third-order valence-electron chi connectivity index (χ3n) is 2.09. The highest BCUT2D eigenvalue weighted by Gasteiger charge is 2.14. The average molecular weight is 323 g/mol. The number of hydrogen-bond donors (Lipinski definition) is 5. The summed E-state index contributed by atoms with van der Waals surface area (Å²) in [4.78, 5) is 17.4. The van der Waals surface area contributed by atoms with E-state index in [1.54, 1.807) is 6.07 Å². The lowest BCUT2D eigenvalue weighted by Crippen LogP contribution is -2.21. The van der Waals surface area contributed by atoms with Crippen LogP contribution < -0.4 is 5.32 Å². The van der Waals surface area contributed by atoms with Gasteiger partial charge in [0.1, 0.15) is 9.81 Å². The van der Waals surface area contributed by atoms with Gasteiger partial charge >= 0.3 is 7.60 Å². The molecule has 0 heterocycles. The maximum Gasteiger partial charge on any atom is 0.335 e. The minimum atomic E-state index is -4.05. The van der Waals surface area contributed by atoms with Crippen molar-refractivity contribution in [2.24, 2.45) is 0 Å². The Kier molecular flexibility index (Phi) is 6.09. The van der Waals surface area contributed by atoms with Gasteiger partial charge in [-0.05, 0) is 24.1 Å². The second-order valence-electron chi connectivity index (χ2n) is 3.73. The van der Waals surface area contributed by atoms with Crippen LogP contribution in [0.25, 0.3) is 0 Å². The van der Waals surface area contributed by atoms with Crippen LogP contribution in [-0.2, 0) is 11.0 Å². The van der Waals surface area contributed by atoms with Crippen LogP contribution in [0, 0.1) is 0 Å². The van der Waals surface area contributed by atoms with Gasteiger partial charge in [-0.25, -0.2) is 0 Å². The summed E-state index contributed by atoms with van der Waals surface area (Å²) in [6, 6.07) is 4.51. The summed E-state index contributed by atoms with van der Waals surface area (Å²) in [5, 5.41) is 21.3. The van der Waals surface area contributed by atoms with Gasteiger partial charge in [0.2, 0.25) is 0 Å². The number of nitrogens with one attached hydrogen (secondary N) is 1. The summed E-state index contributed by atoms with van der Waals surface area (Å²) < 4.78 is 10.9. The van der Waals surface area contributed by atoms with Gasteiger partial charge in [0, 0.05) is 6.54 Å². The number of thiocarbonyl (C=S) groups is 1. The average Bonchev–Trinajstić information content (AvgIpc) is 2.30. The van der Waals surface area contributed by atoms with E-state index in [0.29, 0.717) is 17.3 Å². The molecular formula is C10H14NO5PS2. The molecule has 5 N–H and O–H groups in total. The van der Waals surface area contributed by atoms with Crippen LogP contribution in [0.5, 0.6) is 11.5 Å². The standard InChI is InChI=1S/C10H14NO5PS2/c12-8-2-1-7(5-9(8)13)3-4-11-10(18)19-6-17(14,15)16/h1-2,5,12-13H,3-4,6H2,(H,11,18)(H2,14,15,16). The quantitative estimate of drug-likeness (QED) is 0.314. The molecule has 0 amide bonds. The third-order valence-corrected chi connectivity index (χ3v) is 4.85. The van der Waals surface area contributed by atoms with Crippen LogP contribution in [0.4, 0.5) is 0 Å². The van der Waals surface area contributed by atoms with E-state index in [9.17, 15) is 9.67 Å². The van der Waals surface area contributed by atoms with Gasteiger partial charge in [0.25, 0.3) is 0 Å². The van der Waals surface area contributed by atoms with Crippen LogP contribution in [0.2, 0.25) is 0 Å². The molecule has 1 rings (SSSR count). The van der Waals surface area contributed by atoms with E-state index < -0.39 is 7.60 Å². The number of rotatable bonds is 5. The predicted octanol–water partition coefficient (Wildman–Crippen LogP) is 1.38. The monoisotopic (exact) mass is 323 g/mol. The maximum absolute atomic E-state index is 10.6. The fourth-order valence-corrected chi connectivity index (χ4v) is 3.15. The predicted molar refractivity (Wildman–Crippen MR) is 78.6 cm³/mol. The maximum atomic E-state index is 10.6. The zero-order chi connectivity index (χ0) is 14.5. The Hall–Kier alpha value is -0.790. The normalized spacial score (nSPS) is 11.3. The van der Waals surface area contributed by atoms with Crippen molar-refractivity contribution in [3.63, 3.8) is 0 Å². The lowest BCUT2D eigenvalue weighted by molar-refractivity contribution is 0.379. The van der Waals surface area contributed by atoms with Crippen molar-refractivity contribution in [2.45, 2.75) is 6.42 Å². The number of hydrogen-bond acceptors (Lipinski definition) is 5. The van der Waals surface area contributed by atoms with Gasteiger partial charge < -0.3 is 25.3 Å². The van der Waals surface area contributed by atoms with Gasteiger partial charge in [-0.2, -0.15) is 0 Å². The molecule has 1 aromatic rings. The summed E-state index contributed by atoms with van der Waals surface area (Å²) in [6.07, 6.45) is 0.560. The lowest BCUT2D eigenvalue weighted by atomic mass is 10.1. The first-order valence-electron chi connectivity index (χ1n) is 5.24. The Morgan fingerprint density at radius 3 is 2.58 bits per heavy atom. The number of aromatic hydroxyl groups is 2. The number of benzene rings is 1. The fourth-order valence-electron chi connectivity index (χ4n) is 1.23. The number of phenols is 2. The molecule has 0 radical (unpaired) electrons. The van der Waals surface area contributed by atoms with Crippen molar-refractivity contribution in [3.8, 4) is 11.5 Å². The van der Waals surface area contributed by atoms with E-state index in [0.717, 1.165) is 17.3 Å². The van der Waals surface area contributed by atoms with Gasteiger partial charge in [0.05, 0.1) is 0 Å². The Bertz CT molecular complexity index is 505. The van der Waals surface area contributed by atoms with E-state index >= 15 is 0 Å². The van der Waals surface area contributed by atoms with Crippen LogP contribution in [-0.4, -0.2) is 36.4 Å². The molecule has 106 valence electrons. The molecule has 0 bridgehead atoms. The SMILES string of the molecule is O=P(O)(O)CSC(=S)NCCc1ccc(O)c(O)c1. The van der Waals surface area contributed by atoms with E-state index in [1.807, 2.05) is 0 Å². The molecule has 0 aliphatic carbocycles. The molecule has 19 heavy (non-hydrogen) atoms. The van der Waals surface area contributed by atoms with Crippen LogP contribution in [0.1, 0.15) is 5.56 Å². The summed E-state index contributed by atoms with van der Waals surface area (Å²) in [7, 11) is -4.05. The smallest absolute Gasteiger partial charge is 0.335 e. The van der Waals surface area contributed by atoms with Crippen molar-refractivity contribution < 1.29 is 24.6 Å². The minimum absolute atomic E-state index is 0.176. The highest BCUT2D eigenvalue weighted by atomic mass is 32.2. The molecule has 0 atom stereocenters. The molecule has 0 saturated heterocycles. The Labute approximate surface area is 120 Å². The van der Waals surface area contributed by atoms with E-state index in [-0.39, 0.29) is 17.0 Å². The zero-order valence-corrected chi connectivity index (χ0v) is 12.3. The summed E-state index contributed by atoms with van der Waals surface area (Å²) in [6.45, 7) is 0.469. The molecule has 0 unspecified atom stereocenters. The molecule has 1 aromatic carbocycles. The molecule has 0 aliphatic rings. The van der Waals surface area contributed by atoms with Crippen molar-refractivity contribution in [2.75, 3.05) is 12.0 Å². The first kappa shape index (κ1) is 16.3. The van der Waals surface area contributed by atoms with E-state index in [2.05, 4.69) is 5.32 Å². The highest BCUT2D eigenvalue weighted by molar-refractivity contribution is 8.25. The fraction of sp³-hybridized carbons (Fsp3) is 0.300. The first-order valence-corrected chi connectivity index (χ1v) is 8.43. The van der Waals surface area contributed by atoms with Gasteiger partial charge in [-0.1, -0.05) is 30.0 Å². The van der Waals surface area contributed by atoms with Crippen LogP contribution in [0.3, 0.4) is 0 Å². The van der Waals surface area contributed by atoms with E-state index in [4.69, 9.17) is 27.1 Å². The second-order valence-corrected chi connectivity index (χ2v) is 7.45. The zero-order valence-electron chi connectivity index (χ0n) is 9.81. The van der Waals surface area contributed by atoms with Gasteiger partial charge in [-0.15, -0.1) is 0 Å². The topological polar surface area (TPSA) is 110 Å². The highest BCUT2D eigenvalue weighted by Crippen LogP contribution is 2.38. The van der Waals surface area contributed by atoms with E-state index in [1.165, 1.54) is 12.1 Å². The molecule has 0 aromatic heterocycles. The van der Waals surface area contributed by atoms with Crippen molar-refractivity contribution in [3.05, 3.63) is 23.8 Å². The van der Waals surface area contributed by atoms with Crippen LogP contribution >= 0.6 is 31.6 Å². The van der Waals surface area contributed by atoms with Crippen molar-refractivity contribution in [1.82, 2.24) is 5.32 Å². The van der Waals surface area contributed by atoms with Gasteiger partial charge in [0.15, 0.2) is 11.5 Å². The molecule has 0 fully saturated rings. The number of phenolic OH excluding ortho intramolecular Hbond substituents is 2. The Morgan fingerprint density at radius 2 is 2.00 bits per heavy atom. The molecule has 6 nitrogen and oxygen atoms in total. The summed E-state index contributed by atoms with van der Waals surface area (Å²) >= 11 is 5.80. The van der Waals surface area contributed by atoms with Gasteiger partial charge in [-0.3, -0.25) is 4.57 Å². The van der Waals surface area contributed by atoms with Crippen LogP contribution in [0.15, 0.2) is 18.2 Å². The minimum Gasteiger partial charge on any atom is -0.504 e. The summed E-state index contributed by atoms with van der Waals surface area (Å²) in [5.74, 6) is -0.361. The Morgan fingerprint density at radius 1 is 1.32 bits per heavy atom. The largest absolute Gasteiger partial charge is 0.504 e. The number of thioether (sulfide) groups is 1. The molecule has 9 heteroatoms. The van der Waals surface area contributed by atoms with Crippen molar-refractivity contribution >= 4 is 35.9 Å². The first-order chi connectivity index (χ1) is 8.78. The lowest BCUT2D eigenvalue weighted by Gasteiger charge is -2.08. The third kappa shape index (κ3) is 6.79. The summed E-state index contributed by atoms with van der Waals surface area (Å²) in [5.41, 5.74) is 0.462.